The number of hydrogen-bond donors (Lipinski definition) is 1. The largest absolute Gasteiger partial charge is 0.323 e. The number of para-hydroxylation sites is 1. The Morgan fingerprint density at radius 1 is 1.00 bits per heavy atom. The molecule has 2 amide bonds. The summed E-state index contributed by atoms with van der Waals surface area (Å²) in [6.07, 6.45) is 4.58. The number of likely N-dealkylation sites (tertiary alicyclic amines) is 2. The Morgan fingerprint density at radius 3 is 2.44 bits per heavy atom. The standard InChI is InChI=1S/C22H26ClN3O/c23-19-10-8-18(9-11-19)16-26-15-5-13-22(26)12-4-14-25(17-22)21(27)24-20-6-2-1-3-7-20/h1-3,6-11H,4-5,12-17H2,(H,24,27)/t22-/m0/s1. The third kappa shape index (κ3) is 4.12. The molecule has 1 atom stereocenters. The highest BCUT2D eigenvalue weighted by atomic mass is 35.5. The number of anilines is 1. The Kier molecular flexibility index (Phi) is 5.37. The fraction of sp³-hybridized carbons (Fsp3) is 0.409. The van der Waals surface area contributed by atoms with Crippen molar-refractivity contribution in [2.45, 2.75) is 37.8 Å². The zero-order chi connectivity index (χ0) is 18.7. The Hall–Kier alpha value is -2.04. The summed E-state index contributed by atoms with van der Waals surface area (Å²) < 4.78 is 0. The smallest absolute Gasteiger partial charge is 0.321 e. The third-order valence-electron chi connectivity index (χ3n) is 5.90. The molecule has 0 unspecified atom stereocenters. The van der Waals surface area contributed by atoms with Gasteiger partial charge in [-0.25, -0.2) is 4.79 Å². The summed E-state index contributed by atoms with van der Waals surface area (Å²) in [4.78, 5) is 17.4. The molecule has 0 saturated carbocycles. The summed E-state index contributed by atoms with van der Waals surface area (Å²) in [5.41, 5.74) is 2.24. The number of urea groups is 1. The van der Waals surface area contributed by atoms with Gasteiger partial charge in [0, 0.05) is 35.9 Å². The minimum absolute atomic E-state index is 0.0126. The highest BCUT2D eigenvalue weighted by molar-refractivity contribution is 6.30. The van der Waals surface area contributed by atoms with Gasteiger partial charge in [0.2, 0.25) is 0 Å². The molecule has 2 aromatic carbocycles. The van der Waals surface area contributed by atoms with Crippen molar-refractivity contribution in [2.24, 2.45) is 0 Å². The van der Waals surface area contributed by atoms with Gasteiger partial charge in [0.05, 0.1) is 0 Å². The van der Waals surface area contributed by atoms with E-state index in [1.165, 1.54) is 12.0 Å². The van der Waals surface area contributed by atoms with E-state index in [1.807, 2.05) is 47.4 Å². The summed E-state index contributed by atoms with van der Waals surface area (Å²) in [6.45, 7) is 3.65. The molecule has 5 heteroatoms. The van der Waals surface area contributed by atoms with Gasteiger partial charge in [0.25, 0.3) is 0 Å². The van der Waals surface area contributed by atoms with Crippen LogP contribution in [0.25, 0.3) is 0 Å². The van der Waals surface area contributed by atoms with Gasteiger partial charge in [0.1, 0.15) is 0 Å². The SMILES string of the molecule is O=C(Nc1ccccc1)N1CCC[C@]2(CCCN2Cc2ccc(Cl)cc2)C1. The molecular weight excluding hydrogens is 358 g/mol. The molecule has 2 heterocycles. The lowest BCUT2D eigenvalue weighted by atomic mass is 9.86. The summed E-state index contributed by atoms with van der Waals surface area (Å²) >= 11 is 6.03. The number of nitrogens with zero attached hydrogens (tertiary/aromatic N) is 2. The molecular formula is C22H26ClN3O. The minimum Gasteiger partial charge on any atom is -0.323 e. The van der Waals surface area contributed by atoms with E-state index in [2.05, 4.69) is 22.3 Å². The number of rotatable bonds is 3. The van der Waals surface area contributed by atoms with Crippen LogP contribution in [0.15, 0.2) is 54.6 Å². The van der Waals surface area contributed by atoms with Gasteiger partial charge in [-0.2, -0.15) is 0 Å². The normalized spacial score (nSPS) is 22.9. The molecule has 0 aliphatic carbocycles. The fourth-order valence-electron chi connectivity index (χ4n) is 4.52. The maximum atomic E-state index is 12.8. The summed E-state index contributed by atoms with van der Waals surface area (Å²) in [5, 5.41) is 3.82. The molecule has 142 valence electrons. The first-order chi connectivity index (χ1) is 13.1. The van der Waals surface area contributed by atoms with Gasteiger partial charge in [0.15, 0.2) is 0 Å². The first-order valence-electron chi connectivity index (χ1n) is 9.75. The van der Waals surface area contributed by atoms with Crippen LogP contribution in [0.4, 0.5) is 10.5 Å². The zero-order valence-electron chi connectivity index (χ0n) is 15.5. The average molecular weight is 384 g/mol. The van der Waals surface area contributed by atoms with Crippen molar-refractivity contribution < 1.29 is 4.79 Å². The van der Waals surface area contributed by atoms with Crippen LogP contribution < -0.4 is 5.32 Å². The molecule has 0 radical (unpaired) electrons. The Labute approximate surface area is 166 Å². The van der Waals surface area contributed by atoms with Gasteiger partial charge in [-0.3, -0.25) is 4.90 Å². The highest BCUT2D eigenvalue weighted by Crippen LogP contribution is 2.38. The lowest BCUT2D eigenvalue weighted by Gasteiger charge is -2.46. The van der Waals surface area contributed by atoms with Crippen LogP contribution >= 0.6 is 11.6 Å². The Bertz CT molecular complexity index is 780. The monoisotopic (exact) mass is 383 g/mol. The number of amides is 2. The first-order valence-corrected chi connectivity index (χ1v) is 10.1. The summed E-state index contributed by atoms with van der Waals surface area (Å²) in [7, 11) is 0. The van der Waals surface area contributed by atoms with Crippen LogP contribution in [-0.2, 0) is 6.54 Å². The fourth-order valence-corrected chi connectivity index (χ4v) is 4.65. The molecule has 2 aliphatic heterocycles. The van der Waals surface area contributed by atoms with Crippen molar-refractivity contribution in [1.29, 1.82) is 0 Å². The van der Waals surface area contributed by atoms with E-state index >= 15 is 0 Å². The van der Waals surface area contributed by atoms with Crippen LogP contribution in [0.5, 0.6) is 0 Å². The van der Waals surface area contributed by atoms with Crippen molar-refractivity contribution >= 4 is 23.3 Å². The van der Waals surface area contributed by atoms with E-state index in [9.17, 15) is 4.79 Å². The number of benzene rings is 2. The van der Waals surface area contributed by atoms with Crippen LogP contribution in [0.1, 0.15) is 31.2 Å². The van der Waals surface area contributed by atoms with E-state index in [4.69, 9.17) is 11.6 Å². The van der Waals surface area contributed by atoms with Gasteiger partial charge >= 0.3 is 6.03 Å². The quantitative estimate of drug-likeness (QED) is 0.809. The third-order valence-corrected chi connectivity index (χ3v) is 6.15. The molecule has 4 nitrogen and oxygen atoms in total. The van der Waals surface area contributed by atoms with Gasteiger partial charge in [-0.1, -0.05) is 41.9 Å². The molecule has 4 rings (SSSR count). The van der Waals surface area contributed by atoms with E-state index < -0.39 is 0 Å². The van der Waals surface area contributed by atoms with Gasteiger partial charge in [-0.15, -0.1) is 0 Å². The van der Waals surface area contributed by atoms with Crippen LogP contribution in [0.2, 0.25) is 5.02 Å². The Morgan fingerprint density at radius 2 is 1.70 bits per heavy atom. The molecule has 0 bridgehead atoms. The summed E-state index contributed by atoms with van der Waals surface area (Å²) in [6, 6.07) is 17.8. The molecule has 2 aliphatic rings. The number of nitrogens with one attached hydrogen (secondary N) is 1. The van der Waals surface area contributed by atoms with Gasteiger partial charge in [-0.05, 0) is 62.1 Å². The maximum Gasteiger partial charge on any atom is 0.321 e. The topological polar surface area (TPSA) is 35.6 Å². The minimum atomic E-state index is 0.0126. The van der Waals surface area contributed by atoms with Crippen molar-refractivity contribution in [3.63, 3.8) is 0 Å². The first kappa shape index (κ1) is 18.3. The van der Waals surface area contributed by atoms with Crippen LogP contribution in [-0.4, -0.2) is 41.0 Å². The van der Waals surface area contributed by atoms with E-state index in [1.54, 1.807) is 0 Å². The number of hydrogen-bond acceptors (Lipinski definition) is 2. The number of halogens is 1. The molecule has 2 fully saturated rings. The average Bonchev–Trinajstić information content (AvgIpc) is 3.05. The van der Waals surface area contributed by atoms with Crippen LogP contribution in [0, 0.1) is 0 Å². The molecule has 27 heavy (non-hydrogen) atoms. The van der Waals surface area contributed by atoms with Gasteiger partial charge < -0.3 is 10.2 Å². The van der Waals surface area contributed by atoms with E-state index in [0.29, 0.717) is 0 Å². The molecule has 1 N–H and O–H groups in total. The lowest BCUT2D eigenvalue weighted by Crippen LogP contribution is -2.57. The molecule has 2 aromatic rings. The van der Waals surface area contributed by atoms with E-state index in [-0.39, 0.29) is 11.6 Å². The lowest BCUT2D eigenvalue weighted by molar-refractivity contribution is 0.0534. The highest BCUT2D eigenvalue weighted by Gasteiger charge is 2.44. The maximum absolute atomic E-state index is 12.8. The number of carbonyl (C=O) groups is 1. The second-order valence-corrected chi connectivity index (χ2v) is 8.13. The van der Waals surface area contributed by atoms with Crippen LogP contribution in [0.3, 0.4) is 0 Å². The summed E-state index contributed by atoms with van der Waals surface area (Å²) in [5.74, 6) is 0. The number of carbonyl (C=O) groups excluding carboxylic acids is 1. The van der Waals surface area contributed by atoms with Crippen molar-refractivity contribution in [1.82, 2.24) is 9.80 Å². The second kappa shape index (κ2) is 7.91. The number of piperidine rings is 1. The van der Waals surface area contributed by atoms with Crippen molar-refractivity contribution in [3.05, 3.63) is 65.2 Å². The molecule has 1 spiro atoms. The van der Waals surface area contributed by atoms with Crippen molar-refractivity contribution in [3.8, 4) is 0 Å². The predicted octanol–water partition coefficient (Wildman–Crippen LogP) is 5.00. The second-order valence-electron chi connectivity index (χ2n) is 7.70. The molecule has 0 aromatic heterocycles. The molecule has 2 saturated heterocycles. The Balaban J connectivity index is 1.45. The zero-order valence-corrected chi connectivity index (χ0v) is 16.3. The predicted molar refractivity (Wildman–Crippen MR) is 110 cm³/mol. The van der Waals surface area contributed by atoms with E-state index in [0.717, 1.165) is 56.2 Å². The van der Waals surface area contributed by atoms with Crippen molar-refractivity contribution in [2.75, 3.05) is 25.0 Å².